The molecule has 0 aliphatic heterocycles. The van der Waals surface area contributed by atoms with Crippen LogP contribution in [0.2, 0.25) is 0 Å². The molecule has 0 unspecified atom stereocenters. The van der Waals surface area contributed by atoms with Crippen LogP contribution in [-0.2, 0) is 0 Å². The van der Waals surface area contributed by atoms with Crippen LogP contribution in [0.1, 0.15) is 0 Å². The van der Waals surface area contributed by atoms with Gasteiger partial charge in [0, 0.05) is 545 Å². The molecule has 0 aliphatic carbocycles. The van der Waals surface area contributed by atoms with Crippen LogP contribution in [0, 0.1) is 0 Å². The van der Waals surface area contributed by atoms with Gasteiger partial charge in [-0.1, -0.05) is 0 Å². The Labute approximate surface area is 539 Å². The lowest BCUT2D eigenvalue weighted by Crippen LogP contribution is -2.99. The summed E-state index contributed by atoms with van der Waals surface area (Å²) in [5.41, 5.74) is 0. The Kier molecular flexibility index (Phi) is 40.3. The van der Waals surface area contributed by atoms with Crippen molar-refractivity contribution in [1.29, 1.82) is 0 Å². The van der Waals surface area contributed by atoms with E-state index in [0.717, 1.165) is 7.06 Å². The molecule has 0 nitrogen and oxygen atoms in total. The summed E-state index contributed by atoms with van der Waals surface area (Å²) in [5.74, 6) is 0. The van der Waals surface area contributed by atoms with E-state index in [1.165, 1.54) is 0 Å². The fourth-order valence-electron chi connectivity index (χ4n) is 13.6. The van der Waals surface area contributed by atoms with Crippen molar-refractivity contribution >= 4 is 545 Å². The Morgan fingerprint density at radius 1 is 0.117 bits per heavy atom. The predicted octanol–water partition coefficient (Wildman–Crippen LogP) is -29.3. The Hall–Kier alpha value is 5.00. The highest BCUT2D eigenvalue weighted by molar-refractivity contribution is 8.41. The molecule has 0 saturated carbocycles. The lowest BCUT2D eigenvalue weighted by molar-refractivity contribution is 3.14. The maximum absolute atomic E-state index is 6.88. The van der Waals surface area contributed by atoms with Gasteiger partial charge < -0.3 is 0 Å². The molecule has 0 bridgehead atoms. The normalized spacial score (nSPS) is 9.77. The lowest BCUT2D eigenvalue weighted by Gasteiger charge is -2.61. The standard InChI is InChI=1S/B77/c1-40-60(41(2)3)70(61(42(4)5)43(6)7)75(71(62(44(8)9)45(10)11)63(46(12)13)47(14)15)77(74(68(56(32)33)57(34)35)69(58(36)37)59(38)39)76(72(64(48(16)17)49(18)19)65(50(20)21)51(22)23)73(66(52(24)25)53(26)27)67(54(28)29)55(30)31. The van der Waals surface area contributed by atoms with Gasteiger partial charge in [0.05, 0.1) is 0 Å². The largest absolute Gasteiger partial charge is 0 e. The van der Waals surface area contributed by atoms with Gasteiger partial charge in [0.2, 0.25) is 0 Å². The molecule has 0 aromatic heterocycles. The van der Waals surface area contributed by atoms with E-state index in [2.05, 4.69) is 0 Å². The molecule has 77 heteroatoms. The van der Waals surface area contributed by atoms with Gasteiger partial charge >= 0.3 is 0 Å². The molecule has 77 heavy (non-hydrogen) atoms. The minimum atomic E-state index is -1.84. The third-order valence-corrected chi connectivity index (χ3v) is 16.2. The summed E-state index contributed by atoms with van der Waals surface area (Å²) in [6.45, 7) is 0. The van der Waals surface area contributed by atoms with E-state index in [-0.39, 0.29) is 0 Å². The van der Waals surface area contributed by atoms with Crippen LogP contribution < -0.4 is 0 Å². The Morgan fingerprint density at radius 2 is 0.208 bits per heavy atom. The number of hydrogen-bond donors (Lipinski definition) is 0. The highest BCUT2D eigenvalue weighted by Crippen LogP contribution is 2.27. The maximum Gasteiger partial charge on any atom is 0 e. The van der Waals surface area contributed by atoms with Crippen molar-refractivity contribution in [1.82, 2.24) is 0 Å². The van der Waals surface area contributed by atoms with Crippen LogP contribution in [-0.4, -0.2) is 545 Å². The third-order valence-electron chi connectivity index (χ3n) is 16.2. The van der Waals surface area contributed by atoms with Crippen molar-refractivity contribution in [2.24, 2.45) is 0 Å². The van der Waals surface area contributed by atoms with E-state index in [1.54, 1.807) is 0 Å². The zero-order valence-corrected chi connectivity index (χ0v) is 44.5. The van der Waals surface area contributed by atoms with Gasteiger partial charge in [-0.3, -0.25) is 0 Å². The molecular weight excluding hydrogens is 833 g/mol. The Morgan fingerprint density at radius 3 is 0.299 bits per heavy atom. The predicted molar refractivity (Wildman–Crippen MR) is 443 cm³/mol. The third kappa shape index (κ3) is 22.2. The number of hydrogen-bond acceptors (Lipinski definition) is 0. The van der Waals surface area contributed by atoms with Crippen molar-refractivity contribution < 1.29 is 0 Å². The van der Waals surface area contributed by atoms with Gasteiger partial charge in [-0.15, -0.1) is 0 Å². The van der Waals surface area contributed by atoms with Gasteiger partial charge in [0.1, 0.15) is 0 Å². The second-order valence-electron chi connectivity index (χ2n) is 21.6. The molecule has 0 saturated heterocycles. The molecule has 0 N–H and O–H groups in total. The molecule has 0 aromatic rings. The Bertz CT molecular complexity index is 1290. The topological polar surface area (TPSA) is 0 Å². The van der Waals surface area contributed by atoms with Crippen LogP contribution in [0.3, 0.4) is 0 Å². The van der Waals surface area contributed by atoms with E-state index < -0.39 is 236 Å². The minimum Gasteiger partial charge on any atom is 0 e. The average Bonchev–Trinajstić information content (AvgIpc) is 3.20. The molecule has 0 atom stereocenters. The van der Waals surface area contributed by atoms with E-state index in [4.69, 9.17) is 302 Å². The molecule has 0 heterocycles. The molecule has 0 aliphatic rings. The molecule has 79 radical (unpaired) electrons. The summed E-state index contributed by atoms with van der Waals surface area (Å²) >= 11 is 0. The summed E-state index contributed by atoms with van der Waals surface area (Å²) in [4.78, 5) is 0. The molecule has 0 rings (SSSR count). The van der Waals surface area contributed by atoms with Gasteiger partial charge in [-0.25, -0.2) is 0 Å². The van der Waals surface area contributed by atoms with Crippen molar-refractivity contribution in [3.63, 3.8) is 0 Å². The SMILES string of the molecule is [B][B]B(B([B])[B])B(B(B([B])[B])B([B])[B])B(B(B(B([B])[B])B([B])[B])B(B([B])[B])B([B])[B])B(B(B(B([B])[B])B([B])[B])B(B([B])[B])B([B])[B])B(B(B(B([B])[B])B([B])[B])B(B([B])[B])B([B])[B])B(B(B([B])[B])B([B])[B])B(B([B])[B])B([B])[B]. The quantitative estimate of drug-likeness (QED) is 0.0547. The Balaban J connectivity index is 12.4. The van der Waals surface area contributed by atoms with Crippen LogP contribution >= 0.6 is 0 Å². The van der Waals surface area contributed by atoms with Gasteiger partial charge in [-0.2, -0.15) is 0 Å². The van der Waals surface area contributed by atoms with Gasteiger partial charge in [-0.05, 0) is 0 Å². The van der Waals surface area contributed by atoms with Crippen LogP contribution in [0.5, 0.6) is 0 Å². The van der Waals surface area contributed by atoms with Crippen molar-refractivity contribution in [2.45, 2.75) is 0 Å². The highest BCUT2D eigenvalue weighted by atomic mass is 13.5. The molecule has 231 valence electrons. The van der Waals surface area contributed by atoms with Gasteiger partial charge in [0.15, 0.2) is 0 Å². The second kappa shape index (κ2) is 37.9. The summed E-state index contributed by atoms with van der Waals surface area (Å²) in [6, 6.07) is 0. The second-order valence-corrected chi connectivity index (χ2v) is 21.6. The fourth-order valence-corrected chi connectivity index (χ4v) is 13.6. The molecular formula is B77. The summed E-state index contributed by atoms with van der Waals surface area (Å²) in [6.07, 6.45) is -60.1. The van der Waals surface area contributed by atoms with Crippen LogP contribution in [0.25, 0.3) is 0 Å². The van der Waals surface area contributed by atoms with E-state index in [1.807, 2.05) is 0 Å². The number of rotatable bonds is 37. The smallest absolute Gasteiger partial charge is 0 e. The first-order chi connectivity index (χ1) is 35.1. The summed E-state index contributed by atoms with van der Waals surface area (Å²) < 4.78 is 0. The van der Waals surface area contributed by atoms with Gasteiger partial charge in [0.25, 0.3) is 0 Å². The summed E-state index contributed by atoms with van der Waals surface area (Å²) in [5, 5.41) is 0. The van der Waals surface area contributed by atoms with Crippen LogP contribution in [0.4, 0.5) is 0 Å². The van der Waals surface area contributed by atoms with E-state index in [0.29, 0.717) is 0 Å². The fraction of sp³-hybridized carbons (Fsp3) is 0. The molecule has 0 fully saturated rings. The molecule has 0 spiro atoms. The van der Waals surface area contributed by atoms with E-state index >= 15 is 0 Å². The van der Waals surface area contributed by atoms with Crippen molar-refractivity contribution in [2.75, 3.05) is 0 Å². The van der Waals surface area contributed by atoms with Crippen LogP contribution in [0.15, 0.2) is 0 Å². The summed E-state index contributed by atoms with van der Waals surface area (Å²) in [7, 11) is 267. The zero-order valence-electron chi connectivity index (χ0n) is 44.5. The van der Waals surface area contributed by atoms with Crippen molar-refractivity contribution in [3.05, 3.63) is 0 Å². The molecule has 0 amide bonds. The first-order valence-electron chi connectivity index (χ1n) is 25.3. The first kappa shape index (κ1) is 82.0. The monoisotopic (exact) mass is 848 g/mol. The average molecular weight is 833 g/mol. The highest BCUT2D eigenvalue weighted by Gasteiger charge is 2.65. The van der Waals surface area contributed by atoms with E-state index in [9.17, 15) is 0 Å². The first-order valence-corrected chi connectivity index (χ1v) is 25.3. The maximum atomic E-state index is 6.88. The lowest BCUT2D eigenvalue weighted by atomic mass is 8.20. The van der Waals surface area contributed by atoms with Crippen molar-refractivity contribution in [3.8, 4) is 0 Å². The molecule has 0 aromatic carbocycles. The minimum absolute atomic E-state index is 1.10. The zero-order chi connectivity index (χ0) is 61.1.